The van der Waals surface area contributed by atoms with Crippen LogP contribution in [0, 0.1) is 0 Å². The summed E-state index contributed by atoms with van der Waals surface area (Å²) in [6, 6.07) is 9.54. The Balaban J connectivity index is 2.00. The first kappa shape index (κ1) is 17.0. The van der Waals surface area contributed by atoms with Crippen LogP contribution in [0.1, 0.15) is 15.9 Å². The predicted octanol–water partition coefficient (Wildman–Crippen LogP) is 4.43. The highest BCUT2D eigenvalue weighted by Gasteiger charge is 2.30. The van der Waals surface area contributed by atoms with E-state index >= 15 is 0 Å². The number of halogens is 4. The number of amides is 3. The Morgan fingerprint density at radius 3 is 2.13 bits per heavy atom. The van der Waals surface area contributed by atoms with Gasteiger partial charge >= 0.3 is 12.2 Å². The number of urea groups is 1. The van der Waals surface area contributed by atoms with Crippen LogP contribution in [0.3, 0.4) is 0 Å². The standard InChI is InChI=1S/C15H10BrF3N2O2/c16-12-4-2-1-3-11(12)13(22)21-14(23)20-10-7-5-9(6-8-10)15(17,18)19/h1-8H,(H2,20,21,22,23). The third-order valence-electron chi connectivity index (χ3n) is 2.82. The topological polar surface area (TPSA) is 58.2 Å². The number of carbonyl (C=O) groups excluding carboxylic acids is 2. The fraction of sp³-hybridized carbons (Fsp3) is 0.0667. The lowest BCUT2D eigenvalue weighted by Crippen LogP contribution is -2.34. The average Bonchev–Trinajstić information content (AvgIpc) is 2.47. The zero-order chi connectivity index (χ0) is 17.0. The summed E-state index contributed by atoms with van der Waals surface area (Å²) in [5.41, 5.74) is -0.432. The van der Waals surface area contributed by atoms with Gasteiger partial charge in [-0.2, -0.15) is 13.2 Å². The van der Waals surface area contributed by atoms with E-state index in [1.54, 1.807) is 18.2 Å². The van der Waals surface area contributed by atoms with Gasteiger partial charge in [-0.25, -0.2) is 4.79 Å². The first-order valence-electron chi connectivity index (χ1n) is 6.31. The second kappa shape index (κ2) is 6.82. The molecule has 2 aromatic rings. The number of alkyl halides is 3. The molecule has 0 aromatic heterocycles. The summed E-state index contributed by atoms with van der Waals surface area (Å²) in [6.45, 7) is 0. The molecule has 0 aliphatic carbocycles. The van der Waals surface area contributed by atoms with Crippen LogP contribution >= 0.6 is 15.9 Å². The lowest BCUT2D eigenvalue weighted by molar-refractivity contribution is -0.137. The van der Waals surface area contributed by atoms with Crippen molar-refractivity contribution in [1.82, 2.24) is 5.32 Å². The molecule has 0 fully saturated rings. The van der Waals surface area contributed by atoms with Gasteiger partial charge in [0.25, 0.3) is 5.91 Å². The van der Waals surface area contributed by atoms with E-state index in [1.807, 2.05) is 0 Å². The molecule has 23 heavy (non-hydrogen) atoms. The molecule has 4 nitrogen and oxygen atoms in total. The Bertz CT molecular complexity index is 730. The van der Waals surface area contributed by atoms with Gasteiger partial charge in [-0.15, -0.1) is 0 Å². The van der Waals surface area contributed by atoms with Gasteiger partial charge in [-0.3, -0.25) is 10.1 Å². The summed E-state index contributed by atoms with van der Waals surface area (Å²) in [6.07, 6.45) is -4.45. The van der Waals surface area contributed by atoms with E-state index in [0.717, 1.165) is 24.3 Å². The second-order valence-corrected chi connectivity index (χ2v) is 5.32. The summed E-state index contributed by atoms with van der Waals surface area (Å²) in [5, 5.41) is 4.38. The van der Waals surface area contributed by atoms with Crippen LogP contribution in [-0.2, 0) is 6.18 Å². The molecule has 0 saturated carbocycles. The minimum Gasteiger partial charge on any atom is -0.308 e. The summed E-state index contributed by atoms with van der Waals surface area (Å²) >= 11 is 3.18. The molecule has 8 heteroatoms. The normalized spacial score (nSPS) is 11.0. The molecule has 2 rings (SSSR count). The van der Waals surface area contributed by atoms with Crippen molar-refractivity contribution in [3.8, 4) is 0 Å². The zero-order valence-electron chi connectivity index (χ0n) is 11.4. The maximum atomic E-state index is 12.4. The highest BCUT2D eigenvalue weighted by Crippen LogP contribution is 2.29. The van der Waals surface area contributed by atoms with Crippen LogP contribution < -0.4 is 10.6 Å². The molecule has 120 valence electrons. The summed E-state index contributed by atoms with van der Waals surface area (Å²) in [7, 11) is 0. The Morgan fingerprint density at radius 2 is 1.57 bits per heavy atom. The highest BCUT2D eigenvalue weighted by molar-refractivity contribution is 9.10. The fourth-order valence-corrected chi connectivity index (χ4v) is 2.19. The Morgan fingerprint density at radius 1 is 0.957 bits per heavy atom. The van der Waals surface area contributed by atoms with Crippen molar-refractivity contribution in [3.05, 3.63) is 64.1 Å². The number of nitrogens with one attached hydrogen (secondary N) is 2. The van der Waals surface area contributed by atoms with Crippen LogP contribution in [0.25, 0.3) is 0 Å². The second-order valence-electron chi connectivity index (χ2n) is 4.46. The third-order valence-corrected chi connectivity index (χ3v) is 3.51. The molecule has 0 atom stereocenters. The molecule has 0 aliphatic rings. The summed E-state index contributed by atoms with van der Waals surface area (Å²) < 4.78 is 37.8. The first-order valence-corrected chi connectivity index (χ1v) is 7.11. The monoisotopic (exact) mass is 386 g/mol. The number of hydrogen-bond donors (Lipinski definition) is 2. The Labute approximate surface area is 137 Å². The van der Waals surface area contributed by atoms with Crippen molar-refractivity contribution in [1.29, 1.82) is 0 Å². The SMILES string of the molecule is O=C(NC(=O)c1ccccc1Br)Nc1ccc(C(F)(F)F)cc1. The van der Waals surface area contributed by atoms with Crippen LogP contribution in [-0.4, -0.2) is 11.9 Å². The largest absolute Gasteiger partial charge is 0.416 e. The maximum Gasteiger partial charge on any atom is 0.416 e. The third kappa shape index (κ3) is 4.56. The molecule has 3 amide bonds. The van der Waals surface area contributed by atoms with E-state index in [2.05, 4.69) is 26.6 Å². The van der Waals surface area contributed by atoms with Crippen molar-refractivity contribution >= 4 is 33.6 Å². The molecule has 2 N–H and O–H groups in total. The minimum absolute atomic E-state index is 0.135. The van der Waals surface area contributed by atoms with Gasteiger partial charge in [0, 0.05) is 10.2 Å². The lowest BCUT2D eigenvalue weighted by Gasteiger charge is -2.09. The predicted molar refractivity (Wildman–Crippen MR) is 82.1 cm³/mol. The van der Waals surface area contributed by atoms with E-state index in [4.69, 9.17) is 0 Å². The number of hydrogen-bond acceptors (Lipinski definition) is 2. The van der Waals surface area contributed by atoms with Crippen molar-refractivity contribution in [3.63, 3.8) is 0 Å². The van der Waals surface area contributed by atoms with Gasteiger partial charge < -0.3 is 5.32 Å². The van der Waals surface area contributed by atoms with Gasteiger partial charge in [0.15, 0.2) is 0 Å². The highest BCUT2D eigenvalue weighted by atomic mass is 79.9. The van der Waals surface area contributed by atoms with Gasteiger partial charge in [0.05, 0.1) is 11.1 Å². The van der Waals surface area contributed by atoms with E-state index < -0.39 is 23.7 Å². The van der Waals surface area contributed by atoms with Crippen molar-refractivity contribution < 1.29 is 22.8 Å². The van der Waals surface area contributed by atoms with E-state index in [1.165, 1.54) is 6.07 Å². The number of carbonyl (C=O) groups is 2. The molecule has 0 heterocycles. The smallest absolute Gasteiger partial charge is 0.308 e. The number of benzene rings is 2. The summed E-state index contributed by atoms with van der Waals surface area (Å²) in [4.78, 5) is 23.6. The Hall–Kier alpha value is -2.35. The molecule has 0 aliphatic heterocycles. The molecule has 2 aromatic carbocycles. The van der Waals surface area contributed by atoms with E-state index in [0.29, 0.717) is 4.47 Å². The van der Waals surface area contributed by atoms with Crippen LogP contribution in [0.2, 0.25) is 0 Å². The van der Waals surface area contributed by atoms with Crippen molar-refractivity contribution in [2.75, 3.05) is 5.32 Å². The van der Waals surface area contributed by atoms with E-state index in [9.17, 15) is 22.8 Å². The Kier molecular flexibility index (Phi) is 5.05. The molecule has 0 unspecified atom stereocenters. The first-order chi connectivity index (χ1) is 10.8. The number of anilines is 1. The molecule has 0 saturated heterocycles. The molecule has 0 radical (unpaired) electrons. The lowest BCUT2D eigenvalue weighted by atomic mass is 10.2. The van der Waals surface area contributed by atoms with Gasteiger partial charge in [0.2, 0.25) is 0 Å². The van der Waals surface area contributed by atoms with Crippen LogP contribution in [0.4, 0.5) is 23.7 Å². The number of rotatable bonds is 2. The van der Waals surface area contributed by atoms with Gasteiger partial charge in [-0.1, -0.05) is 12.1 Å². The number of imide groups is 1. The molecular weight excluding hydrogens is 377 g/mol. The fourth-order valence-electron chi connectivity index (χ4n) is 1.72. The molecule has 0 bridgehead atoms. The maximum absolute atomic E-state index is 12.4. The van der Waals surface area contributed by atoms with Gasteiger partial charge in [0.1, 0.15) is 0 Å². The van der Waals surface area contributed by atoms with E-state index in [-0.39, 0.29) is 11.3 Å². The summed E-state index contributed by atoms with van der Waals surface area (Å²) in [5.74, 6) is -0.637. The quantitative estimate of drug-likeness (QED) is 0.801. The average molecular weight is 387 g/mol. The van der Waals surface area contributed by atoms with Gasteiger partial charge in [-0.05, 0) is 52.3 Å². The molecular formula is C15H10BrF3N2O2. The minimum atomic E-state index is -4.45. The molecule has 0 spiro atoms. The van der Waals surface area contributed by atoms with Crippen molar-refractivity contribution in [2.45, 2.75) is 6.18 Å². The zero-order valence-corrected chi connectivity index (χ0v) is 13.0. The van der Waals surface area contributed by atoms with Crippen molar-refractivity contribution in [2.24, 2.45) is 0 Å². The van der Waals surface area contributed by atoms with Crippen LogP contribution in [0.15, 0.2) is 53.0 Å². The van der Waals surface area contributed by atoms with Crippen LogP contribution in [0.5, 0.6) is 0 Å².